The van der Waals surface area contributed by atoms with Gasteiger partial charge in [-0.25, -0.2) is 0 Å². The standard InChI is InChI=1S/C14H15BO3/c1-10-3-5-11(6-4-10)12-7-8-14(18-2)13(9-12)15(16)17/h3-9,16-17H,1-2H3. The number of hydrogen-bond acceptors (Lipinski definition) is 3. The molecule has 2 N–H and O–H groups in total. The van der Waals surface area contributed by atoms with Gasteiger partial charge in [0.25, 0.3) is 0 Å². The summed E-state index contributed by atoms with van der Waals surface area (Å²) in [6.45, 7) is 2.03. The molecule has 0 aliphatic carbocycles. The third-order valence-corrected chi connectivity index (χ3v) is 2.89. The van der Waals surface area contributed by atoms with Crippen LogP contribution >= 0.6 is 0 Å². The van der Waals surface area contributed by atoms with Crippen LogP contribution < -0.4 is 10.2 Å². The van der Waals surface area contributed by atoms with Crippen molar-refractivity contribution in [1.29, 1.82) is 0 Å². The lowest BCUT2D eigenvalue weighted by atomic mass is 9.78. The average Bonchev–Trinajstić information content (AvgIpc) is 2.39. The molecule has 0 aliphatic rings. The molecule has 18 heavy (non-hydrogen) atoms. The van der Waals surface area contributed by atoms with Gasteiger partial charge in [-0.2, -0.15) is 0 Å². The molecule has 0 saturated carbocycles. The Morgan fingerprint density at radius 2 is 1.56 bits per heavy atom. The summed E-state index contributed by atoms with van der Waals surface area (Å²) in [6, 6.07) is 13.4. The van der Waals surface area contributed by atoms with E-state index in [9.17, 15) is 10.0 Å². The first-order valence-corrected chi connectivity index (χ1v) is 5.73. The second kappa shape index (κ2) is 5.25. The highest BCUT2D eigenvalue weighted by molar-refractivity contribution is 6.59. The van der Waals surface area contributed by atoms with Gasteiger partial charge in [-0.1, -0.05) is 42.0 Å². The van der Waals surface area contributed by atoms with E-state index < -0.39 is 7.12 Å². The van der Waals surface area contributed by atoms with Gasteiger partial charge in [-0.15, -0.1) is 0 Å². The maximum Gasteiger partial charge on any atom is 0.492 e. The summed E-state index contributed by atoms with van der Waals surface area (Å²) in [4.78, 5) is 0. The predicted molar refractivity (Wildman–Crippen MR) is 73.0 cm³/mol. The Labute approximate surface area is 107 Å². The Morgan fingerprint density at radius 3 is 2.11 bits per heavy atom. The summed E-state index contributed by atoms with van der Waals surface area (Å²) >= 11 is 0. The lowest BCUT2D eigenvalue weighted by Gasteiger charge is -2.10. The van der Waals surface area contributed by atoms with E-state index in [1.165, 1.54) is 12.7 Å². The van der Waals surface area contributed by atoms with Gasteiger partial charge in [0, 0.05) is 5.46 Å². The molecule has 0 aliphatic heterocycles. The summed E-state index contributed by atoms with van der Waals surface area (Å²) in [5.41, 5.74) is 3.52. The van der Waals surface area contributed by atoms with E-state index in [1.54, 1.807) is 12.1 Å². The van der Waals surface area contributed by atoms with E-state index >= 15 is 0 Å². The fourth-order valence-corrected chi connectivity index (χ4v) is 1.86. The first-order valence-electron chi connectivity index (χ1n) is 5.73. The zero-order valence-electron chi connectivity index (χ0n) is 10.4. The molecule has 0 atom stereocenters. The maximum atomic E-state index is 9.33. The molecule has 0 amide bonds. The Bertz CT molecular complexity index is 535. The summed E-state index contributed by atoms with van der Waals surface area (Å²) in [7, 11) is -0.0300. The molecule has 2 rings (SSSR count). The van der Waals surface area contributed by atoms with Crippen molar-refractivity contribution in [2.24, 2.45) is 0 Å². The van der Waals surface area contributed by atoms with Crippen LogP contribution in [0.5, 0.6) is 5.75 Å². The van der Waals surface area contributed by atoms with Gasteiger partial charge in [-0.3, -0.25) is 0 Å². The van der Waals surface area contributed by atoms with Crippen molar-refractivity contribution in [1.82, 2.24) is 0 Å². The van der Waals surface area contributed by atoms with E-state index in [4.69, 9.17) is 4.74 Å². The average molecular weight is 242 g/mol. The van der Waals surface area contributed by atoms with Crippen molar-refractivity contribution in [2.45, 2.75) is 6.92 Å². The highest BCUT2D eigenvalue weighted by atomic mass is 16.5. The molecular formula is C14H15BO3. The van der Waals surface area contributed by atoms with Crippen molar-refractivity contribution in [3.8, 4) is 16.9 Å². The molecule has 0 radical (unpaired) electrons. The van der Waals surface area contributed by atoms with Crippen molar-refractivity contribution in [3.05, 3.63) is 48.0 Å². The first-order chi connectivity index (χ1) is 8.61. The van der Waals surface area contributed by atoms with Gasteiger partial charge in [0.2, 0.25) is 0 Å². The highest BCUT2D eigenvalue weighted by Gasteiger charge is 2.17. The van der Waals surface area contributed by atoms with Crippen LogP contribution in [0.25, 0.3) is 11.1 Å². The quantitative estimate of drug-likeness (QED) is 0.799. The molecule has 0 unspecified atom stereocenters. The molecule has 0 aromatic heterocycles. The van der Waals surface area contributed by atoms with Gasteiger partial charge >= 0.3 is 7.12 Å². The third kappa shape index (κ3) is 2.55. The van der Waals surface area contributed by atoms with Gasteiger partial charge in [-0.05, 0) is 24.1 Å². The Hall–Kier alpha value is -1.78. The molecule has 4 heteroatoms. The Balaban J connectivity index is 2.46. The van der Waals surface area contributed by atoms with Crippen molar-refractivity contribution >= 4 is 12.6 Å². The largest absolute Gasteiger partial charge is 0.497 e. The number of benzene rings is 2. The van der Waals surface area contributed by atoms with Crippen LogP contribution in [0.3, 0.4) is 0 Å². The number of hydrogen-bond donors (Lipinski definition) is 2. The summed E-state index contributed by atoms with van der Waals surface area (Å²) in [5, 5.41) is 18.7. The van der Waals surface area contributed by atoms with Gasteiger partial charge in [0.1, 0.15) is 5.75 Å². The lowest BCUT2D eigenvalue weighted by molar-refractivity contribution is 0.403. The number of aryl methyl sites for hydroxylation is 1. The topological polar surface area (TPSA) is 49.7 Å². The second-order valence-electron chi connectivity index (χ2n) is 4.20. The van der Waals surface area contributed by atoms with E-state index in [-0.39, 0.29) is 0 Å². The fourth-order valence-electron chi connectivity index (χ4n) is 1.86. The SMILES string of the molecule is COc1ccc(-c2ccc(C)cc2)cc1B(O)O. The molecule has 0 spiro atoms. The smallest absolute Gasteiger partial charge is 0.492 e. The highest BCUT2D eigenvalue weighted by Crippen LogP contribution is 2.21. The lowest BCUT2D eigenvalue weighted by Crippen LogP contribution is -2.31. The van der Waals surface area contributed by atoms with E-state index in [0.29, 0.717) is 11.2 Å². The second-order valence-corrected chi connectivity index (χ2v) is 4.20. The first kappa shape index (κ1) is 12.7. The van der Waals surface area contributed by atoms with E-state index in [2.05, 4.69) is 0 Å². The predicted octanol–water partition coefficient (Wildman–Crippen LogP) is 1.35. The number of rotatable bonds is 3. The van der Waals surface area contributed by atoms with Gasteiger partial charge in [0.15, 0.2) is 0 Å². The minimum atomic E-state index is -1.54. The van der Waals surface area contributed by atoms with Gasteiger partial charge in [0.05, 0.1) is 7.11 Å². The monoisotopic (exact) mass is 242 g/mol. The van der Waals surface area contributed by atoms with E-state index in [0.717, 1.165) is 11.1 Å². The van der Waals surface area contributed by atoms with E-state index in [1.807, 2.05) is 37.3 Å². The minimum Gasteiger partial charge on any atom is -0.497 e. The Kier molecular flexibility index (Phi) is 3.70. The normalized spacial score (nSPS) is 10.2. The molecule has 3 nitrogen and oxygen atoms in total. The molecule has 92 valence electrons. The fraction of sp³-hybridized carbons (Fsp3) is 0.143. The molecule has 0 heterocycles. The summed E-state index contributed by atoms with van der Waals surface area (Å²) < 4.78 is 5.10. The zero-order valence-corrected chi connectivity index (χ0v) is 10.4. The minimum absolute atomic E-state index is 0.371. The van der Waals surface area contributed by atoms with Crippen LogP contribution in [-0.2, 0) is 0 Å². The van der Waals surface area contributed by atoms with Crippen LogP contribution in [0.4, 0.5) is 0 Å². The van der Waals surface area contributed by atoms with Crippen molar-refractivity contribution in [2.75, 3.05) is 7.11 Å². The number of ether oxygens (including phenoxy) is 1. The van der Waals surface area contributed by atoms with Crippen molar-refractivity contribution < 1.29 is 14.8 Å². The van der Waals surface area contributed by atoms with Crippen LogP contribution in [0.2, 0.25) is 0 Å². The van der Waals surface area contributed by atoms with Crippen LogP contribution in [0.15, 0.2) is 42.5 Å². The molecule has 0 fully saturated rings. The number of methoxy groups -OCH3 is 1. The van der Waals surface area contributed by atoms with Crippen LogP contribution in [0, 0.1) is 6.92 Å². The molecule has 2 aromatic rings. The maximum absolute atomic E-state index is 9.33. The molecule has 2 aromatic carbocycles. The van der Waals surface area contributed by atoms with Crippen LogP contribution in [0.1, 0.15) is 5.56 Å². The molecule has 0 bridgehead atoms. The zero-order chi connectivity index (χ0) is 13.1. The summed E-state index contributed by atoms with van der Waals surface area (Å²) in [6.07, 6.45) is 0. The van der Waals surface area contributed by atoms with Crippen LogP contribution in [-0.4, -0.2) is 24.3 Å². The van der Waals surface area contributed by atoms with Gasteiger partial charge < -0.3 is 14.8 Å². The Morgan fingerprint density at radius 1 is 0.944 bits per heavy atom. The molecule has 0 saturated heterocycles. The van der Waals surface area contributed by atoms with Crippen molar-refractivity contribution in [3.63, 3.8) is 0 Å². The molecular weight excluding hydrogens is 227 g/mol. The summed E-state index contributed by atoms with van der Waals surface area (Å²) in [5.74, 6) is 0.473. The third-order valence-electron chi connectivity index (χ3n) is 2.89.